The Hall–Kier alpha value is -3.27. The molecular formula is C22H25F2N5O3. The van der Waals surface area contributed by atoms with Gasteiger partial charge in [-0.3, -0.25) is 14.2 Å². The van der Waals surface area contributed by atoms with Gasteiger partial charge in [-0.25, -0.2) is 8.78 Å². The van der Waals surface area contributed by atoms with Gasteiger partial charge < -0.3 is 14.4 Å². The summed E-state index contributed by atoms with van der Waals surface area (Å²) in [5, 5.41) is 8.80. The third-order valence-electron chi connectivity index (χ3n) is 5.44. The van der Waals surface area contributed by atoms with Crippen LogP contribution in [-0.2, 0) is 25.3 Å². The summed E-state index contributed by atoms with van der Waals surface area (Å²) < 4.78 is 41.1. The van der Waals surface area contributed by atoms with E-state index in [0.29, 0.717) is 37.4 Å². The molecule has 0 saturated carbocycles. The highest BCUT2D eigenvalue weighted by molar-refractivity contribution is 5.95. The van der Waals surface area contributed by atoms with Gasteiger partial charge in [-0.2, -0.15) is 10.2 Å². The van der Waals surface area contributed by atoms with Crippen LogP contribution in [0.1, 0.15) is 33.5 Å². The Bertz CT molecular complexity index is 1130. The van der Waals surface area contributed by atoms with E-state index < -0.39 is 11.6 Å². The number of aromatic nitrogens is 4. The van der Waals surface area contributed by atoms with Gasteiger partial charge in [-0.15, -0.1) is 0 Å². The molecule has 1 aromatic carbocycles. The number of morpholine rings is 1. The van der Waals surface area contributed by atoms with Crippen LogP contribution in [-0.4, -0.2) is 56.7 Å². The van der Waals surface area contributed by atoms with Crippen molar-refractivity contribution in [2.75, 3.05) is 26.3 Å². The predicted molar refractivity (Wildman–Crippen MR) is 111 cm³/mol. The number of halogens is 2. The van der Waals surface area contributed by atoms with E-state index in [2.05, 4.69) is 10.2 Å². The largest absolute Gasteiger partial charge is 0.493 e. The molecule has 1 atom stereocenters. The summed E-state index contributed by atoms with van der Waals surface area (Å²) in [5.41, 5.74) is 2.92. The number of amides is 1. The molecule has 0 aliphatic carbocycles. The second-order valence-corrected chi connectivity index (χ2v) is 7.77. The number of aryl methyl sites for hydroxylation is 3. The van der Waals surface area contributed by atoms with Crippen LogP contribution in [0.2, 0.25) is 0 Å². The lowest BCUT2D eigenvalue weighted by Crippen LogP contribution is -2.42. The van der Waals surface area contributed by atoms with Crippen LogP contribution in [0.5, 0.6) is 5.75 Å². The lowest BCUT2D eigenvalue weighted by molar-refractivity contribution is -0.0249. The maximum Gasteiger partial charge on any atom is 0.257 e. The fraction of sp³-hybridized carbons (Fsp3) is 0.409. The molecule has 32 heavy (non-hydrogen) atoms. The Labute approximate surface area is 184 Å². The molecule has 0 bridgehead atoms. The third kappa shape index (κ3) is 4.64. The van der Waals surface area contributed by atoms with Gasteiger partial charge >= 0.3 is 0 Å². The van der Waals surface area contributed by atoms with Crippen molar-refractivity contribution >= 4 is 5.91 Å². The molecule has 2 aromatic heterocycles. The average Bonchev–Trinajstić information content (AvgIpc) is 3.31. The van der Waals surface area contributed by atoms with E-state index in [1.54, 1.807) is 27.5 Å². The SMILES string of the molecule is Cc1nn(C)cc1C(=O)N1CCO[C@H](c2cc(CCOc3ccc(F)c(F)c3)n(C)n2)C1. The maximum absolute atomic E-state index is 13.3. The molecule has 0 spiro atoms. The number of hydrogen-bond donors (Lipinski definition) is 0. The van der Waals surface area contributed by atoms with Crippen LogP contribution in [0.4, 0.5) is 8.78 Å². The van der Waals surface area contributed by atoms with Crippen LogP contribution < -0.4 is 4.74 Å². The maximum atomic E-state index is 13.3. The highest BCUT2D eigenvalue weighted by Gasteiger charge is 2.29. The zero-order valence-electron chi connectivity index (χ0n) is 18.2. The van der Waals surface area contributed by atoms with Crippen LogP contribution in [0.25, 0.3) is 0 Å². The van der Waals surface area contributed by atoms with Crippen LogP contribution >= 0.6 is 0 Å². The van der Waals surface area contributed by atoms with Crippen molar-refractivity contribution in [2.24, 2.45) is 14.1 Å². The van der Waals surface area contributed by atoms with Gasteiger partial charge in [0.05, 0.1) is 36.7 Å². The van der Waals surface area contributed by atoms with Crippen molar-refractivity contribution in [3.05, 3.63) is 64.7 Å². The molecule has 3 aromatic rings. The zero-order valence-corrected chi connectivity index (χ0v) is 18.2. The molecule has 0 N–H and O–H groups in total. The van der Waals surface area contributed by atoms with Gasteiger partial charge in [0, 0.05) is 45.0 Å². The van der Waals surface area contributed by atoms with E-state index in [4.69, 9.17) is 9.47 Å². The first-order valence-electron chi connectivity index (χ1n) is 10.3. The molecule has 1 saturated heterocycles. The lowest BCUT2D eigenvalue weighted by atomic mass is 10.1. The molecule has 0 radical (unpaired) electrons. The Morgan fingerprint density at radius 1 is 1.22 bits per heavy atom. The van der Waals surface area contributed by atoms with E-state index in [1.807, 2.05) is 20.0 Å². The Morgan fingerprint density at radius 3 is 2.75 bits per heavy atom. The fourth-order valence-corrected chi connectivity index (χ4v) is 3.75. The van der Waals surface area contributed by atoms with E-state index in [1.165, 1.54) is 6.07 Å². The van der Waals surface area contributed by atoms with Crippen molar-refractivity contribution in [2.45, 2.75) is 19.4 Å². The van der Waals surface area contributed by atoms with E-state index in [9.17, 15) is 13.6 Å². The van der Waals surface area contributed by atoms with Gasteiger partial charge in [-0.05, 0) is 25.1 Å². The summed E-state index contributed by atoms with van der Waals surface area (Å²) in [4.78, 5) is 14.7. The monoisotopic (exact) mass is 445 g/mol. The second kappa shape index (κ2) is 9.07. The molecule has 170 valence electrons. The van der Waals surface area contributed by atoms with Crippen molar-refractivity contribution in [3.63, 3.8) is 0 Å². The first kappa shape index (κ1) is 21.9. The van der Waals surface area contributed by atoms with Crippen molar-refractivity contribution < 1.29 is 23.0 Å². The number of rotatable bonds is 6. The van der Waals surface area contributed by atoms with Crippen molar-refractivity contribution in [1.82, 2.24) is 24.5 Å². The van der Waals surface area contributed by atoms with Crippen molar-refractivity contribution in [1.29, 1.82) is 0 Å². The Balaban J connectivity index is 1.38. The third-order valence-corrected chi connectivity index (χ3v) is 5.44. The summed E-state index contributed by atoms with van der Waals surface area (Å²) in [6.07, 6.45) is 1.91. The summed E-state index contributed by atoms with van der Waals surface area (Å²) in [6, 6.07) is 5.36. The normalized spacial score (nSPS) is 16.4. The predicted octanol–water partition coefficient (Wildman–Crippen LogP) is 2.58. The highest BCUT2D eigenvalue weighted by atomic mass is 19.2. The van der Waals surface area contributed by atoms with E-state index in [0.717, 1.165) is 23.5 Å². The number of carbonyl (C=O) groups excluding carboxylic acids is 1. The highest BCUT2D eigenvalue weighted by Crippen LogP contribution is 2.24. The smallest absolute Gasteiger partial charge is 0.257 e. The number of nitrogens with zero attached hydrogens (tertiary/aromatic N) is 5. The van der Waals surface area contributed by atoms with Crippen LogP contribution in [0, 0.1) is 18.6 Å². The molecule has 0 unspecified atom stereocenters. The topological polar surface area (TPSA) is 74.4 Å². The quantitative estimate of drug-likeness (QED) is 0.583. The molecule has 4 rings (SSSR count). The molecular weight excluding hydrogens is 420 g/mol. The standard InChI is InChI=1S/C22H25F2N5O3/c1-14-17(12-27(2)25-14)22(30)29-7-9-32-21(13-29)20-10-15(28(3)26-20)6-8-31-16-4-5-18(23)19(24)11-16/h4-5,10-12,21H,6-9,13H2,1-3H3/t21-/m0/s1. The number of benzene rings is 1. The van der Waals surface area contributed by atoms with Crippen molar-refractivity contribution in [3.8, 4) is 5.75 Å². The summed E-state index contributed by atoms with van der Waals surface area (Å²) in [6.45, 7) is 3.42. The van der Waals surface area contributed by atoms with Gasteiger partial charge in [-0.1, -0.05) is 0 Å². The first-order chi connectivity index (χ1) is 15.3. The van der Waals surface area contributed by atoms with E-state index >= 15 is 0 Å². The number of carbonyl (C=O) groups is 1. The van der Waals surface area contributed by atoms with Crippen LogP contribution in [0.15, 0.2) is 30.5 Å². The van der Waals surface area contributed by atoms with Gasteiger partial charge in [0.1, 0.15) is 11.9 Å². The number of hydrogen-bond acceptors (Lipinski definition) is 5. The molecule has 3 heterocycles. The summed E-state index contributed by atoms with van der Waals surface area (Å²) >= 11 is 0. The molecule has 1 fully saturated rings. The average molecular weight is 445 g/mol. The molecule has 8 nitrogen and oxygen atoms in total. The second-order valence-electron chi connectivity index (χ2n) is 7.77. The molecule has 1 amide bonds. The van der Waals surface area contributed by atoms with Crippen LogP contribution in [0.3, 0.4) is 0 Å². The van der Waals surface area contributed by atoms with E-state index in [-0.39, 0.29) is 24.4 Å². The number of ether oxygens (including phenoxy) is 2. The lowest BCUT2D eigenvalue weighted by Gasteiger charge is -2.32. The van der Waals surface area contributed by atoms with Gasteiger partial charge in [0.2, 0.25) is 0 Å². The molecule has 1 aliphatic rings. The minimum absolute atomic E-state index is 0.0695. The minimum atomic E-state index is -0.944. The molecule has 10 heteroatoms. The summed E-state index contributed by atoms with van der Waals surface area (Å²) in [5.74, 6) is -1.66. The summed E-state index contributed by atoms with van der Waals surface area (Å²) in [7, 11) is 3.61. The molecule has 1 aliphatic heterocycles. The Morgan fingerprint density at radius 2 is 2.03 bits per heavy atom. The van der Waals surface area contributed by atoms with Gasteiger partial charge in [0.15, 0.2) is 11.6 Å². The van der Waals surface area contributed by atoms with Gasteiger partial charge in [0.25, 0.3) is 5.91 Å². The minimum Gasteiger partial charge on any atom is -0.493 e. The first-order valence-corrected chi connectivity index (χ1v) is 10.3. The zero-order chi connectivity index (χ0) is 22.8. The Kier molecular flexibility index (Phi) is 6.22. The fourth-order valence-electron chi connectivity index (χ4n) is 3.75.